The smallest absolute Gasteiger partial charge is 0.0294 e. The summed E-state index contributed by atoms with van der Waals surface area (Å²) in [4.78, 5) is 0. The molecule has 0 amide bonds. The molecule has 2 aliphatic rings. The summed E-state index contributed by atoms with van der Waals surface area (Å²) in [6.07, 6.45) is 11.1. The second kappa shape index (κ2) is 6.30. The zero-order valence-corrected chi connectivity index (χ0v) is 13.1. The van der Waals surface area contributed by atoms with E-state index in [9.17, 15) is 0 Å². The van der Waals surface area contributed by atoms with Crippen molar-refractivity contribution in [3.63, 3.8) is 0 Å². The molecule has 0 bridgehead atoms. The van der Waals surface area contributed by atoms with Crippen molar-refractivity contribution in [1.82, 2.24) is 5.32 Å². The van der Waals surface area contributed by atoms with Gasteiger partial charge in [-0.3, -0.25) is 0 Å². The van der Waals surface area contributed by atoms with Crippen LogP contribution in [0, 0.1) is 5.92 Å². The lowest BCUT2D eigenvalue weighted by atomic mass is 9.84. The van der Waals surface area contributed by atoms with Gasteiger partial charge in [-0.1, -0.05) is 37.5 Å². The Bertz CT molecular complexity index is 445. The third-order valence-corrected chi connectivity index (χ3v) is 5.49. The standard InChI is InChI=1S/C19H29N/c1-14(16-7-4-3-5-8-16)20-15(2)18-12-11-17-9-6-10-19(17)13-18/h11-16,20H,3-10H2,1-2H3. The number of nitrogens with one attached hydrogen (secondary N) is 1. The van der Waals surface area contributed by atoms with Crippen LogP contribution in [0.5, 0.6) is 0 Å². The number of aryl methyl sites for hydroxylation is 2. The Labute approximate surface area is 124 Å². The number of benzene rings is 1. The molecule has 0 radical (unpaired) electrons. The van der Waals surface area contributed by atoms with Crippen molar-refractivity contribution in [2.24, 2.45) is 5.92 Å². The molecule has 2 aliphatic carbocycles. The fraction of sp³-hybridized carbons (Fsp3) is 0.684. The summed E-state index contributed by atoms with van der Waals surface area (Å²) in [7, 11) is 0. The molecule has 1 aromatic rings. The summed E-state index contributed by atoms with van der Waals surface area (Å²) >= 11 is 0. The molecule has 3 rings (SSSR count). The number of rotatable bonds is 4. The van der Waals surface area contributed by atoms with Gasteiger partial charge in [0, 0.05) is 12.1 Å². The van der Waals surface area contributed by atoms with Crippen molar-refractivity contribution in [3.8, 4) is 0 Å². The molecule has 0 saturated heterocycles. The van der Waals surface area contributed by atoms with Crippen LogP contribution in [0.1, 0.15) is 75.1 Å². The van der Waals surface area contributed by atoms with Crippen LogP contribution in [0.3, 0.4) is 0 Å². The van der Waals surface area contributed by atoms with Gasteiger partial charge in [0.1, 0.15) is 0 Å². The minimum absolute atomic E-state index is 0.484. The molecule has 0 spiro atoms. The van der Waals surface area contributed by atoms with Crippen molar-refractivity contribution in [1.29, 1.82) is 0 Å². The maximum Gasteiger partial charge on any atom is 0.0294 e. The zero-order valence-electron chi connectivity index (χ0n) is 13.1. The number of hydrogen-bond acceptors (Lipinski definition) is 1. The fourth-order valence-corrected chi connectivity index (χ4v) is 4.12. The van der Waals surface area contributed by atoms with Gasteiger partial charge in [-0.2, -0.15) is 0 Å². The first kappa shape index (κ1) is 14.1. The quantitative estimate of drug-likeness (QED) is 0.830. The van der Waals surface area contributed by atoms with Gasteiger partial charge in [-0.05, 0) is 68.6 Å². The lowest BCUT2D eigenvalue weighted by molar-refractivity contribution is 0.268. The van der Waals surface area contributed by atoms with E-state index in [-0.39, 0.29) is 0 Å². The molecule has 1 N–H and O–H groups in total. The van der Waals surface area contributed by atoms with Gasteiger partial charge in [0.2, 0.25) is 0 Å². The van der Waals surface area contributed by atoms with Crippen LogP contribution in [0.2, 0.25) is 0 Å². The lowest BCUT2D eigenvalue weighted by Crippen LogP contribution is -2.36. The Morgan fingerprint density at radius 3 is 2.50 bits per heavy atom. The molecular weight excluding hydrogens is 242 g/mol. The highest BCUT2D eigenvalue weighted by molar-refractivity contribution is 5.36. The van der Waals surface area contributed by atoms with E-state index in [2.05, 4.69) is 37.4 Å². The molecule has 1 nitrogen and oxygen atoms in total. The highest BCUT2D eigenvalue weighted by Crippen LogP contribution is 2.29. The van der Waals surface area contributed by atoms with E-state index < -0.39 is 0 Å². The first-order chi connectivity index (χ1) is 9.74. The molecule has 1 fully saturated rings. The summed E-state index contributed by atoms with van der Waals surface area (Å²) in [6.45, 7) is 4.72. The van der Waals surface area contributed by atoms with Gasteiger partial charge in [0.05, 0.1) is 0 Å². The van der Waals surface area contributed by atoms with E-state index in [1.807, 2.05) is 0 Å². The Hall–Kier alpha value is -0.820. The Kier molecular flexibility index (Phi) is 4.45. The van der Waals surface area contributed by atoms with Crippen LogP contribution >= 0.6 is 0 Å². The molecule has 0 heterocycles. The van der Waals surface area contributed by atoms with Crippen molar-refractivity contribution >= 4 is 0 Å². The first-order valence-electron chi connectivity index (χ1n) is 8.62. The van der Waals surface area contributed by atoms with Gasteiger partial charge in [-0.15, -0.1) is 0 Å². The van der Waals surface area contributed by atoms with Gasteiger partial charge < -0.3 is 5.32 Å². The van der Waals surface area contributed by atoms with Gasteiger partial charge in [0.25, 0.3) is 0 Å². The summed E-state index contributed by atoms with van der Waals surface area (Å²) in [5.74, 6) is 0.889. The van der Waals surface area contributed by atoms with E-state index >= 15 is 0 Å². The fourth-order valence-electron chi connectivity index (χ4n) is 4.12. The topological polar surface area (TPSA) is 12.0 Å². The minimum Gasteiger partial charge on any atom is -0.307 e. The van der Waals surface area contributed by atoms with Gasteiger partial charge >= 0.3 is 0 Å². The Balaban J connectivity index is 1.62. The van der Waals surface area contributed by atoms with Crippen LogP contribution in [0.25, 0.3) is 0 Å². The monoisotopic (exact) mass is 271 g/mol. The second-order valence-corrected chi connectivity index (χ2v) is 6.96. The maximum absolute atomic E-state index is 3.86. The number of fused-ring (bicyclic) bond motifs is 1. The molecule has 1 aromatic carbocycles. The molecule has 2 unspecified atom stereocenters. The van der Waals surface area contributed by atoms with Crippen LogP contribution in [0.4, 0.5) is 0 Å². The van der Waals surface area contributed by atoms with Crippen LogP contribution < -0.4 is 5.32 Å². The third-order valence-electron chi connectivity index (χ3n) is 5.49. The summed E-state index contributed by atoms with van der Waals surface area (Å²) < 4.78 is 0. The van der Waals surface area contributed by atoms with E-state index in [1.165, 1.54) is 56.9 Å². The van der Waals surface area contributed by atoms with Crippen LogP contribution in [0.15, 0.2) is 18.2 Å². The molecule has 20 heavy (non-hydrogen) atoms. The molecule has 0 aromatic heterocycles. The third kappa shape index (κ3) is 3.09. The summed E-state index contributed by atoms with van der Waals surface area (Å²) in [6, 6.07) is 8.29. The molecule has 1 saturated carbocycles. The normalized spacial score (nSPS) is 22.5. The van der Waals surface area contributed by atoms with E-state index in [0.717, 1.165) is 5.92 Å². The second-order valence-electron chi connectivity index (χ2n) is 6.96. The molecule has 1 heteroatoms. The van der Waals surface area contributed by atoms with E-state index in [4.69, 9.17) is 0 Å². The van der Waals surface area contributed by atoms with Crippen molar-refractivity contribution < 1.29 is 0 Å². The highest BCUT2D eigenvalue weighted by Gasteiger charge is 2.22. The van der Waals surface area contributed by atoms with E-state index in [1.54, 1.807) is 11.1 Å². The molecule has 2 atom stereocenters. The van der Waals surface area contributed by atoms with E-state index in [0.29, 0.717) is 12.1 Å². The predicted octanol–water partition coefficient (Wildman–Crippen LogP) is 4.79. The van der Waals surface area contributed by atoms with Crippen LogP contribution in [-0.2, 0) is 12.8 Å². The average molecular weight is 271 g/mol. The first-order valence-corrected chi connectivity index (χ1v) is 8.62. The van der Waals surface area contributed by atoms with Crippen molar-refractivity contribution in [2.45, 2.75) is 77.3 Å². The Morgan fingerprint density at radius 1 is 0.950 bits per heavy atom. The SMILES string of the molecule is CC(NC(C)C1CCCCC1)c1ccc2c(c1)CCC2. The zero-order chi connectivity index (χ0) is 13.9. The molecular formula is C19H29N. The molecule has 110 valence electrons. The van der Waals surface area contributed by atoms with Gasteiger partial charge in [0.15, 0.2) is 0 Å². The van der Waals surface area contributed by atoms with Crippen molar-refractivity contribution in [3.05, 3.63) is 34.9 Å². The average Bonchev–Trinajstić information content (AvgIpc) is 2.95. The van der Waals surface area contributed by atoms with Crippen molar-refractivity contribution in [2.75, 3.05) is 0 Å². The molecule has 0 aliphatic heterocycles. The highest BCUT2D eigenvalue weighted by atomic mass is 14.9. The summed E-state index contributed by atoms with van der Waals surface area (Å²) in [5, 5.41) is 3.86. The Morgan fingerprint density at radius 2 is 1.70 bits per heavy atom. The number of hydrogen-bond donors (Lipinski definition) is 1. The minimum atomic E-state index is 0.484. The maximum atomic E-state index is 3.86. The summed E-state index contributed by atoms with van der Waals surface area (Å²) in [5.41, 5.74) is 4.66. The largest absolute Gasteiger partial charge is 0.307 e. The predicted molar refractivity (Wildman–Crippen MR) is 86.1 cm³/mol. The van der Waals surface area contributed by atoms with Crippen LogP contribution in [-0.4, -0.2) is 6.04 Å². The lowest BCUT2D eigenvalue weighted by Gasteiger charge is -2.31. The van der Waals surface area contributed by atoms with Gasteiger partial charge in [-0.25, -0.2) is 0 Å².